The molecule has 2 N–H and O–H groups in total. The highest BCUT2D eigenvalue weighted by Crippen LogP contribution is 2.27. The van der Waals surface area contributed by atoms with Crippen molar-refractivity contribution in [2.45, 2.75) is 4.34 Å². The number of hydrogen-bond donors (Lipinski definition) is 2. The topological polar surface area (TPSA) is 75.1 Å². The van der Waals surface area contributed by atoms with Crippen LogP contribution in [-0.2, 0) is 4.79 Å². The molecule has 5 nitrogen and oxygen atoms in total. The minimum Gasteiger partial charge on any atom is -0.481 e. The average molecular weight is 285 g/mol. The van der Waals surface area contributed by atoms with Crippen LogP contribution in [0.1, 0.15) is 0 Å². The predicted octanol–water partition coefficient (Wildman–Crippen LogP) is 2.60. The van der Waals surface area contributed by atoms with Gasteiger partial charge >= 0.3 is 5.97 Å². The number of carboxylic acids is 1. The van der Waals surface area contributed by atoms with E-state index in [9.17, 15) is 9.18 Å². The summed E-state index contributed by atoms with van der Waals surface area (Å²) in [5.41, 5.74) is 0.570. The fourth-order valence-electron chi connectivity index (χ4n) is 1.13. The molecule has 1 aromatic heterocycles. The van der Waals surface area contributed by atoms with E-state index in [1.54, 1.807) is 12.1 Å². The van der Waals surface area contributed by atoms with Gasteiger partial charge in [0, 0.05) is 5.69 Å². The maximum atomic E-state index is 12.9. The van der Waals surface area contributed by atoms with Crippen molar-refractivity contribution in [3.8, 4) is 0 Å². The molecule has 18 heavy (non-hydrogen) atoms. The minimum atomic E-state index is -0.908. The number of hydrogen-bond acceptors (Lipinski definition) is 6. The van der Waals surface area contributed by atoms with Crippen LogP contribution >= 0.6 is 23.1 Å². The van der Waals surface area contributed by atoms with Gasteiger partial charge < -0.3 is 10.4 Å². The third kappa shape index (κ3) is 3.67. The first-order chi connectivity index (χ1) is 8.63. The van der Waals surface area contributed by atoms with Gasteiger partial charge in [-0.3, -0.25) is 4.79 Å². The molecule has 0 atom stereocenters. The van der Waals surface area contributed by atoms with E-state index >= 15 is 0 Å². The maximum absolute atomic E-state index is 12.9. The van der Waals surface area contributed by atoms with Crippen LogP contribution in [0.3, 0.4) is 0 Å². The van der Waals surface area contributed by atoms with E-state index in [-0.39, 0.29) is 11.6 Å². The summed E-state index contributed by atoms with van der Waals surface area (Å²) in [7, 11) is 0. The highest BCUT2D eigenvalue weighted by Gasteiger charge is 2.07. The molecule has 0 aliphatic carbocycles. The lowest BCUT2D eigenvalue weighted by Gasteiger charge is -2.00. The minimum absolute atomic E-state index is 0.0609. The Morgan fingerprint density at radius 1 is 1.50 bits per heavy atom. The van der Waals surface area contributed by atoms with E-state index in [4.69, 9.17) is 5.11 Å². The number of thioether (sulfide) groups is 1. The number of aliphatic carboxylic acids is 1. The molecule has 0 aliphatic heterocycles. The largest absolute Gasteiger partial charge is 0.481 e. The highest BCUT2D eigenvalue weighted by molar-refractivity contribution is 8.01. The Morgan fingerprint density at radius 2 is 2.33 bits per heavy atom. The van der Waals surface area contributed by atoms with Gasteiger partial charge in [-0.25, -0.2) is 4.39 Å². The molecule has 0 aliphatic rings. The summed E-state index contributed by atoms with van der Waals surface area (Å²) >= 11 is 2.31. The summed E-state index contributed by atoms with van der Waals surface area (Å²) in [5, 5.41) is 19.6. The SMILES string of the molecule is O=C(O)CSc1nnc(Nc2cccc(F)c2)s1. The second-order valence-corrected chi connectivity index (χ2v) is 5.39. The van der Waals surface area contributed by atoms with Crippen LogP contribution in [0.2, 0.25) is 0 Å². The normalized spacial score (nSPS) is 10.3. The van der Waals surface area contributed by atoms with Gasteiger partial charge in [0.15, 0.2) is 4.34 Å². The molecule has 0 saturated heterocycles. The number of halogens is 1. The van der Waals surface area contributed by atoms with Crippen molar-refractivity contribution < 1.29 is 14.3 Å². The van der Waals surface area contributed by atoms with Gasteiger partial charge in [-0.2, -0.15) is 0 Å². The van der Waals surface area contributed by atoms with Crippen LogP contribution in [0.5, 0.6) is 0 Å². The van der Waals surface area contributed by atoms with E-state index in [1.165, 1.54) is 23.5 Å². The standard InChI is InChI=1S/C10H8FN3O2S2/c11-6-2-1-3-7(4-6)12-9-13-14-10(18-9)17-5-8(15)16/h1-4H,5H2,(H,12,13)(H,15,16). The van der Waals surface area contributed by atoms with E-state index < -0.39 is 5.97 Å². The molecule has 0 saturated carbocycles. The van der Waals surface area contributed by atoms with Crippen molar-refractivity contribution in [1.29, 1.82) is 0 Å². The van der Waals surface area contributed by atoms with E-state index in [0.717, 1.165) is 11.8 Å². The molecular formula is C10H8FN3O2S2. The third-order valence-electron chi connectivity index (χ3n) is 1.80. The first-order valence-corrected chi connectivity index (χ1v) is 6.64. The van der Waals surface area contributed by atoms with Crippen LogP contribution in [0.4, 0.5) is 15.2 Å². The van der Waals surface area contributed by atoms with Gasteiger partial charge in [0.2, 0.25) is 5.13 Å². The molecule has 1 aromatic carbocycles. The van der Waals surface area contributed by atoms with Crippen molar-refractivity contribution in [2.24, 2.45) is 0 Å². The molecule has 2 aromatic rings. The number of aromatic nitrogens is 2. The van der Waals surface area contributed by atoms with Crippen LogP contribution < -0.4 is 5.32 Å². The molecule has 94 valence electrons. The van der Waals surface area contributed by atoms with Gasteiger partial charge in [0.25, 0.3) is 0 Å². The fraction of sp³-hybridized carbons (Fsp3) is 0.100. The van der Waals surface area contributed by atoms with E-state index in [1.807, 2.05) is 0 Å². The molecule has 0 fully saturated rings. The number of carbonyl (C=O) groups is 1. The third-order valence-corrected chi connectivity index (χ3v) is 3.76. The Balaban J connectivity index is 2.00. The van der Waals surface area contributed by atoms with Crippen molar-refractivity contribution in [3.63, 3.8) is 0 Å². The van der Waals surface area contributed by atoms with Crippen molar-refractivity contribution >= 4 is 39.9 Å². The zero-order chi connectivity index (χ0) is 13.0. The summed E-state index contributed by atoms with van der Waals surface area (Å²) in [6.45, 7) is 0. The lowest BCUT2D eigenvalue weighted by atomic mass is 10.3. The lowest BCUT2D eigenvalue weighted by Crippen LogP contribution is -1.96. The Hall–Kier alpha value is -1.67. The van der Waals surface area contributed by atoms with Gasteiger partial charge in [0.05, 0.1) is 5.75 Å². The van der Waals surface area contributed by atoms with E-state index in [0.29, 0.717) is 15.2 Å². The molecule has 0 amide bonds. The number of rotatable bonds is 5. The molecule has 0 radical (unpaired) electrons. The number of carboxylic acid groups (broad SMARTS) is 1. The lowest BCUT2D eigenvalue weighted by molar-refractivity contribution is -0.133. The first kappa shape index (κ1) is 12.8. The number of benzene rings is 1. The van der Waals surface area contributed by atoms with Crippen molar-refractivity contribution in [1.82, 2.24) is 10.2 Å². The molecule has 0 unspecified atom stereocenters. The summed E-state index contributed by atoms with van der Waals surface area (Å²) in [5.74, 6) is -1.31. The van der Waals surface area contributed by atoms with Gasteiger partial charge in [0.1, 0.15) is 5.82 Å². The molecular weight excluding hydrogens is 277 g/mol. The monoisotopic (exact) mass is 285 g/mol. The van der Waals surface area contributed by atoms with Crippen LogP contribution in [0.15, 0.2) is 28.6 Å². The predicted molar refractivity (Wildman–Crippen MR) is 68.0 cm³/mol. The maximum Gasteiger partial charge on any atom is 0.313 e. The number of nitrogens with zero attached hydrogens (tertiary/aromatic N) is 2. The van der Waals surface area contributed by atoms with Gasteiger partial charge in [-0.1, -0.05) is 29.2 Å². The first-order valence-electron chi connectivity index (χ1n) is 4.84. The van der Waals surface area contributed by atoms with Crippen LogP contribution in [0.25, 0.3) is 0 Å². The van der Waals surface area contributed by atoms with Crippen LogP contribution in [-0.4, -0.2) is 27.0 Å². The summed E-state index contributed by atoms with van der Waals surface area (Å²) < 4.78 is 13.5. The van der Waals surface area contributed by atoms with Gasteiger partial charge in [-0.05, 0) is 18.2 Å². The molecule has 0 spiro atoms. The zero-order valence-electron chi connectivity index (χ0n) is 8.96. The number of anilines is 2. The van der Waals surface area contributed by atoms with Gasteiger partial charge in [-0.15, -0.1) is 10.2 Å². The number of nitrogens with one attached hydrogen (secondary N) is 1. The summed E-state index contributed by atoms with van der Waals surface area (Å²) in [4.78, 5) is 10.4. The second kappa shape index (κ2) is 5.78. The van der Waals surface area contributed by atoms with Crippen molar-refractivity contribution in [2.75, 3.05) is 11.1 Å². The Bertz CT molecular complexity index is 562. The Morgan fingerprint density at radius 3 is 3.06 bits per heavy atom. The molecule has 8 heteroatoms. The van der Waals surface area contributed by atoms with E-state index in [2.05, 4.69) is 15.5 Å². The smallest absolute Gasteiger partial charge is 0.313 e. The average Bonchev–Trinajstić information content (AvgIpc) is 2.74. The summed E-state index contributed by atoms with van der Waals surface area (Å²) in [6.07, 6.45) is 0. The highest BCUT2D eigenvalue weighted by atomic mass is 32.2. The second-order valence-electron chi connectivity index (χ2n) is 3.19. The molecule has 1 heterocycles. The molecule has 2 rings (SSSR count). The van der Waals surface area contributed by atoms with Crippen LogP contribution in [0, 0.1) is 5.82 Å². The summed E-state index contributed by atoms with van der Waals surface area (Å²) in [6, 6.07) is 5.97. The quantitative estimate of drug-likeness (QED) is 0.822. The Kier molecular flexibility index (Phi) is 4.11. The zero-order valence-corrected chi connectivity index (χ0v) is 10.6. The Labute approximate surface area is 110 Å². The fourth-order valence-corrected chi connectivity index (χ4v) is 2.62. The van der Waals surface area contributed by atoms with Crippen molar-refractivity contribution in [3.05, 3.63) is 30.1 Å². The molecule has 0 bridgehead atoms.